The van der Waals surface area contributed by atoms with Gasteiger partial charge in [-0.3, -0.25) is 9.36 Å². The summed E-state index contributed by atoms with van der Waals surface area (Å²) in [5.74, 6) is -0.391. The van der Waals surface area contributed by atoms with Crippen LogP contribution in [0.5, 0.6) is 0 Å². The molecule has 0 fully saturated rings. The molecule has 0 spiro atoms. The van der Waals surface area contributed by atoms with Gasteiger partial charge in [-0.25, -0.2) is 9.78 Å². The number of carboxylic acids is 1. The van der Waals surface area contributed by atoms with Crippen molar-refractivity contribution in [3.8, 4) is 0 Å². The average molecular weight is 385 g/mol. The molecule has 0 aliphatic heterocycles. The Morgan fingerprint density at radius 3 is 2.44 bits per heavy atom. The summed E-state index contributed by atoms with van der Waals surface area (Å²) < 4.78 is 1.62. The molecule has 2 heterocycles. The molecule has 0 unspecified atom stereocenters. The molecule has 2 aromatic heterocycles. The van der Waals surface area contributed by atoms with E-state index in [1.165, 1.54) is 22.3 Å². The molecule has 0 atom stereocenters. The third-order valence-corrected chi connectivity index (χ3v) is 5.51. The molecule has 1 N–H and O–H groups in total. The van der Waals surface area contributed by atoms with Crippen LogP contribution in [0, 0.1) is 0 Å². The molecular weight excluding hydrogens is 360 g/mol. The quantitative estimate of drug-likeness (QED) is 0.705. The number of rotatable bonds is 5. The van der Waals surface area contributed by atoms with Crippen molar-refractivity contribution in [3.63, 3.8) is 0 Å². The van der Waals surface area contributed by atoms with Gasteiger partial charge in [0.2, 0.25) is 0 Å². The molecule has 1 aromatic carbocycles. The maximum absolute atomic E-state index is 13.1. The molecule has 0 saturated carbocycles. The highest BCUT2D eigenvalue weighted by atomic mass is 32.1. The Hall–Kier alpha value is -2.47. The summed E-state index contributed by atoms with van der Waals surface area (Å²) in [5.41, 5.74) is 2.05. The molecule has 0 bridgehead atoms. The summed E-state index contributed by atoms with van der Waals surface area (Å²) in [6, 6.07) is 8.22. The van der Waals surface area contributed by atoms with Gasteiger partial charge in [-0.2, -0.15) is 0 Å². The highest BCUT2D eigenvalue weighted by Gasteiger charge is 2.20. The highest BCUT2D eigenvalue weighted by molar-refractivity contribution is 7.17. The number of thiophene rings is 1. The molecular formula is C21H24N2O3S. The molecule has 0 aliphatic carbocycles. The summed E-state index contributed by atoms with van der Waals surface area (Å²) in [6.07, 6.45) is 1.53. The molecule has 142 valence electrons. The summed E-state index contributed by atoms with van der Waals surface area (Å²) in [7, 11) is 0. The minimum absolute atomic E-state index is 0.0346. The van der Waals surface area contributed by atoms with Crippen LogP contribution in [-0.4, -0.2) is 20.6 Å². The number of carboxylic acid groups (broad SMARTS) is 1. The van der Waals surface area contributed by atoms with Gasteiger partial charge in [0.05, 0.1) is 17.5 Å². The summed E-state index contributed by atoms with van der Waals surface area (Å²) in [5, 5.41) is 11.1. The Kier molecular flexibility index (Phi) is 5.20. The standard InChI is InChI=1S/C21H24N2O3S/c1-5-6-16-22-18-17(15(12-27-18)20(25)26)19(24)23(16)11-13-7-9-14(10-8-13)21(2,3)4/h7-10,12H,5-6,11H2,1-4H3,(H,25,26). The number of aromatic carboxylic acids is 1. The predicted molar refractivity (Wildman–Crippen MR) is 109 cm³/mol. The highest BCUT2D eigenvalue weighted by Crippen LogP contribution is 2.24. The molecule has 0 radical (unpaired) electrons. The zero-order chi connectivity index (χ0) is 19.8. The van der Waals surface area contributed by atoms with Crippen LogP contribution in [0.4, 0.5) is 0 Å². The molecule has 0 amide bonds. The lowest BCUT2D eigenvalue weighted by molar-refractivity contribution is 0.0699. The monoisotopic (exact) mass is 384 g/mol. The Labute approximate surface area is 162 Å². The van der Waals surface area contributed by atoms with Crippen molar-refractivity contribution >= 4 is 27.5 Å². The normalized spacial score (nSPS) is 11.9. The van der Waals surface area contributed by atoms with Crippen molar-refractivity contribution in [2.24, 2.45) is 0 Å². The van der Waals surface area contributed by atoms with Crippen molar-refractivity contribution in [3.05, 3.63) is 62.5 Å². The van der Waals surface area contributed by atoms with Gasteiger partial charge in [0.1, 0.15) is 10.7 Å². The number of aryl methyl sites for hydroxylation is 1. The number of benzene rings is 1. The molecule has 27 heavy (non-hydrogen) atoms. The van der Waals surface area contributed by atoms with Gasteiger partial charge in [-0.1, -0.05) is 52.0 Å². The lowest BCUT2D eigenvalue weighted by Crippen LogP contribution is -2.26. The van der Waals surface area contributed by atoms with Crippen LogP contribution in [0.15, 0.2) is 34.4 Å². The predicted octanol–water partition coefficient (Wildman–Crippen LogP) is 4.45. The number of fused-ring (bicyclic) bond motifs is 1. The largest absolute Gasteiger partial charge is 0.478 e. The second-order valence-corrected chi connectivity index (χ2v) is 8.61. The fourth-order valence-corrected chi connectivity index (χ4v) is 4.02. The number of nitrogens with zero attached hydrogens (tertiary/aromatic N) is 2. The van der Waals surface area contributed by atoms with E-state index in [4.69, 9.17) is 0 Å². The zero-order valence-electron chi connectivity index (χ0n) is 16.1. The molecule has 0 aliphatic rings. The van der Waals surface area contributed by atoms with Crippen LogP contribution in [-0.2, 0) is 18.4 Å². The molecule has 5 nitrogen and oxygen atoms in total. The van der Waals surface area contributed by atoms with Gasteiger partial charge in [0, 0.05) is 11.8 Å². The van der Waals surface area contributed by atoms with E-state index in [1.807, 2.05) is 19.1 Å². The van der Waals surface area contributed by atoms with Crippen molar-refractivity contribution in [1.29, 1.82) is 0 Å². The van der Waals surface area contributed by atoms with E-state index >= 15 is 0 Å². The Bertz CT molecular complexity index is 1040. The number of carbonyl (C=O) groups is 1. The van der Waals surface area contributed by atoms with Gasteiger partial charge < -0.3 is 5.11 Å². The summed E-state index contributed by atoms with van der Waals surface area (Å²) in [6.45, 7) is 8.90. The van der Waals surface area contributed by atoms with E-state index in [1.54, 1.807) is 4.57 Å². The van der Waals surface area contributed by atoms with E-state index in [0.29, 0.717) is 23.6 Å². The van der Waals surface area contributed by atoms with E-state index in [9.17, 15) is 14.7 Å². The zero-order valence-corrected chi connectivity index (χ0v) is 16.9. The number of hydrogen-bond donors (Lipinski definition) is 1. The molecule has 3 rings (SSSR count). The van der Waals surface area contributed by atoms with Crippen molar-refractivity contribution < 1.29 is 9.90 Å². The first-order valence-corrected chi connectivity index (χ1v) is 9.94. The lowest BCUT2D eigenvalue weighted by atomic mass is 9.87. The lowest BCUT2D eigenvalue weighted by Gasteiger charge is -2.19. The van der Waals surface area contributed by atoms with Crippen LogP contribution in [0.3, 0.4) is 0 Å². The van der Waals surface area contributed by atoms with Crippen molar-refractivity contribution in [2.45, 2.75) is 52.5 Å². The maximum Gasteiger partial charge on any atom is 0.337 e. The van der Waals surface area contributed by atoms with Crippen molar-refractivity contribution in [1.82, 2.24) is 9.55 Å². The second-order valence-electron chi connectivity index (χ2n) is 7.75. The fourth-order valence-electron chi connectivity index (χ4n) is 3.09. The topological polar surface area (TPSA) is 72.2 Å². The van der Waals surface area contributed by atoms with Gasteiger partial charge in [-0.15, -0.1) is 11.3 Å². The minimum atomic E-state index is -1.09. The smallest absolute Gasteiger partial charge is 0.337 e. The Morgan fingerprint density at radius 1 is 1.22 bits per heavy atom. The first-order chi connectivity index (χ1) is 12.7. The summed E-state index contributed by atoms with van der Waals surface area (Å²) >= 11 is 1.21. The number of hydrogen-bond acceptors (Lipinski definition) is 4. The average Bonchev–Trinajstić information content (AvgIpc) is 3.02. The summed E-state index contributed by atoms with van der Waals surface area (Å²) in [4.78, 5) is 29.7. The Balaban J connectivity index is 2.10. The molecule has 6 heteroatoms. The minimum Gasteiger partial charge on any atom is -0.478 e. The van der Waals surface area contributed by atoms with Crippen LogP contribution in [0.1, 0.15) is 61.4 Å². The first-order valence-electron chi connectivity index (χ1n) is 9.06. The van der Waals surface area contributed by atoms with E-state index < -0.39 is 5.97 Å². The Morgan fingerprint density at radius 2 is 1.89 bits per heavy atom. The molecule has 0 saturated heterocycles. The van der Waals surface area contributed by atoms with Gasteiger partial charge >= 0.3 is 5.97 Å². The van der Waals surface area contributed by atoms with E-state index in [0.717, 1.165) is 12.0 Å². The van der Waals surface area contributed by atoms with Gasteiger partial charge in [0.15, 0.2) is 0 Å². The van der Waals surface area contributed by atoms with E-state index in [-0.39, 0.29) is 21.9 Å². The van der Waals surface area contributed by atoms with Crippen LogP contribution < -0.4 is 5.56 Å². The first kappa shape index (κ1) is 19.3. The second kappa shape index (κ2) is 7.27. The van der Waals surface area contributed by atoms with Gasteiger partial charge in [-0.05, 0) is 23.0 Å². The third kappa shape index (κ3) is 3.81. The number of aromatic nitrogens is 2. The van der Waals surface area contributed by atoms with Gasteiger partial charge in [0.25, 0.3) is 5.56 Å². The van der Waals surface area contributed by atoms with Crippen LogP contribution >= 0.6 is 11.3 Å². The SMILES string of the molecule is CCCc1nc2scc(C(=O)O)c2c(=O)n1Cc1ccc(C(C)(C)C)cc1. The van der Waals surface area contributed by atoms with Crippen molar-refractivity contribution in [2.75, 3.05) is 0 Å². The van der Waals surface area contributed by atoms with E-state index in [2.05, 4.69) is 37.9 Å². The third-order valence-electron chi connectivity index (χ3n) is 4.64. The van der Waals surface area contributed by atoms with Crippen LogP contribution in [0.25, 0.3) is 10.2 Å². The fraction of sp³-hybridized carbons (Fsp3) is 0.381. The maximum atomic E-state index is 13.1. The van der Waals surface area contributed by atoms with Crippen LogP contribution in [0.2, 0.25) is 0 Å². The molecule has 3 aromatic rings.